The van der Waals surface area contributed by atoms with Crippen LogP contribution in [0.1, 0.15) is 11.1 Å². The molecule has 0 fully saturated rings. The van der Waals surface area contributed by atoms with Gasteiger partial charge in [0.05, 0.1) is 13.2 Å². The van der Waals surface area contributed by atoms with Crippen LogP contribution in [0.5, 0.6) is 5.75 Å². The first-order valence-electron chi connectivity index (χ1n) is 7.92. The van der Waals surface area contributed by atoms with Gasteiger partial charge in [-0.3, -0.25) is 4.79 Å². The van der Waals surface area contributed by atoms with E-state index in [9.17, 15) is 4.79 Å². The molecule has 0 aliphatic rings. The Bertz CT molecular complexity index is 666. The van der Waals surface area contributed by atoms with Gasteiger partial charge in [-0.15, -0.1) is 0 Å². The van der Waals surface area contributed by atoms with Crippen molar-refractivity contribution in [3.05, 3.63) is 53.6 Å². The van der Waals surface area contributed by atoms with E-state index in [2.05, 4.69) is 10.6 Å². The number of carbonyl (C=O) groups is 1. The molecular formula is C19H24N2O3. The molecule has 5 nitrogen and oxygen atoms in total. The van der Waals surface area contributed by atoms with Crippen LogP contribution in [0.4, 0.5) is 11.4 Å². The van der Waals surface area contributed by atoms with Crippen molar-refractivity contribution in [3.63, 3.8) is 0 Å². The molecule has 5 heteroatoms. The van der Waals surface area contributed by atoms with Crippen LogP contribution < -0.4 is 15.4 Å². The number of hydrogen-bond acceptors (Lipinski definition) is 4. The van der Waals surface area contributed by atoms with E-state index in [0.29, 0.717) is 13.2 Å². The van der Waals surface area contributed by atoms with Gasteiger partial charge >= 0.3 is 0 Å². The van der Waals surface area contributed by atoms with E-state index >= 15 is 0 Å². The highest BCUT2D eigenvalue weighted by Crippen LogP contribution is 2.20. The Labute approximate surface area is 143 Å². The molecule has 0 aromatic heterocycles. The van der Waals surface area contributed by atoms with Gasteiger partial charge in [0.15, 0.2) is 0 Å². The molecule has 0 saturated heterocycles. The fourth-order valence-electron chi connectivity index (χ4n) is 2.32. The van der Waals surface area contributed by atoms with Crippen molar-refractivity contribution >= 4 is 17.3 Å². The van der Waals surface area contributed by atoms with Crippen LogP contribution in [0, 0.1) is 13.8 Å². The number of rotatable bonds is 8. The molecule has 0 radical (unpaired) electrons. The van der Waals surface area contributed by atoms with Crippen molar-refractivity contribution in [2.24, 2.45) is 0 Å². The van der Waals surface area contributed by atoms with Crippen LogP contribution in [0.25, 0.3) is 0 Å². The van der Waals surface area contributed by atoms with Crippen LogP contribution >= 0.6 is 0 Å². The fourth-order valence-corrected chi connectivity index (χ4v) is 2.32. The van der Waals surface area contributed by atoms with Crippen LogP contribution in [0.15, 0.2) is 42.5 Å². The third kappa shape index (κ3) is 5.28. The van der Waals surface area contributed by atoms with E-state index in [1.165, 1.54) is 0 Å². The van der Waals surface area contributed by atoms with Gasteiger partial charge in [-0.05, 0) is 37.1 Å². The zero-order chi connectivity index (χ0) is 17.4. The summed E-state index contributed by atoms with van der Waals surface area (Å²) in [5.74, 6) is 0.658. The number of methoxy groups -OCH3 is 1. The van der Waals surface area contributed by atoms with E-state index in [-0.39, 0.29) is 12.5 Å². The van der Waals surface area contributed by atoms with Crippen molar-refractivity contribution in [2.75, 3.05) is 37.5 Å². The summed E-state index contributed by atoms with van der Waals surface area (Å²) in [6.07, 6.45) is 0. The van der Waals surface area contributed by atoms with E-state index in [1.54, 1.807) is 7.11 Å². The molecule has 2 aromatic carbocycles. The summed E-state index contributed by atoms with van der Waals surface area (Å²) < 4.78 is 10.5. The minimum atomic E-state index is -0.0851. The molecule has 0 unspecified atom stereocenters. The molecule has 0 bridgehead atoms. The second kappa shape index (κ2) is 8.93. The summed E-state index contributed by atoms with van der Waals surface area (Å²) >= 11 is 0. The molecule has 0 aliphatic heterocycles. The Morgan fingerprint density at radius 1 is 1.04 bits per heavy atom. The lowest BCUT2D eigenvalue weighted by Crippen LogP contribution is -2.22. The standard InChI is InChI=1S/C19H24N2O3/c1-14-6-4-7-15(2)19(14)21-18(22)13-20-16-8-5-9-17(12-16)24-11-10-23-3/h4-9,12,20H,10-11,13H2,1-3H3,(H,21,22). The largest absolute Gasteiger partial charge is 0.491 e. The van der Waals surface area contributed by atoms with Gasteiger partial charge in [0, 0.05) is 24.6 Å². The first-order valence-corrected chi connectivity index (χ1v) is 7.92. The van der Waals surface area contributed by atoms with E-state index in [0.717, 1.165) is 28.3 Å². The van der Waals surface area contributed by atoms with E-state index in [4.69, 9.17) is 9.47 Å². The molecule has 2 aromatic rings. The third-order valence-corrected chi connectivity index (χ3v) is 3.59. The molecular weight excluding hydrogens is 304 g/mol. The van der Waals surface area contributed by atoms with E-state index < -0.39 is 0 Å². The lowest BCUT2D eigenvalue weighted by atomic mass is 10.1. The summed E-state index contributed by atoms with van der Waals surface area (Å²) in [5, 5.41) is 6.07. The molecule has 24 heavy (non-hydrogen) atoms. The Morgan fingerprint density at radius 3 is 2.46 bits per heavy atom. The van der Waals surface area contributed by atoms with Gasteiger partial charge in [0.1, 0.15) is 12.4 Å². The molecule has 2 rings (SSSR count). The molecule has 128 valence electrons. The molecule has 0 atom stereocenters. The highest BCUT2D eigenvalue weighted by molar-refractivity contribution is 5.95. The quantitative estimate of drug-likeness (QED) is 0.729. The van der Waals surface area contributed by atoms with Crippen molar-refractivity contribution in [1.29, 1.82) is 0 Å². The first kappa shape index (κ1) is 17.8. The lowest BCUT2D eigenvalue weighted by Gasteiger charge is -2.13. The van der Waals surface area contributed by atoms with E-state index in [1.807, 2.05) is 56.3 Å². The maximum Gasteiger partial charge on any atom is 0.243 e. The Balaban J connectivity index is 1.88. The fraction of sp³-hybridized carbons (Fsp3) is 0.316. The van der Waals surface area contributed by atoms with Crippen molar-refractivity contribution in [2.45, 2.75) is 13.8 Å². The SMILES string of the molecule is COCCOc1cccc(NCC(=O)Nc2c(C)cccc2C)c1. The Morgan fingerprint density at radius 2 is 1.75 bits per heavy atom. The number of amides is 1. The monoisotopic (exact) mass is 328 g/mol. The van der Waals surface area contributed by atoms with Crippen molar-refractivity contribution in [1.82, 2.24) is 0 Å². The summed E-state index contributed by atoms with van der Waals surface area (Å²) in [6.45, 7) is 5.19. The number of anilines is 2. The summed E-state index contributed by atoms with van der Waals surface area (Å²) in [7, 11) is 1.64. The van der Waals surface area contributed by atoms with Gasteiger partial charge in [-0.2, -0.15) is 0 Å². The Kier molecular flexibility index (Phi) is 6.63. The number of aryl methyl sites for hydroxylation is 2. The van der Waals surface area contributed by atoms with Crippen LogP contribution in [0.2, 0.25) is 0 Å². The van der Waals surface area contributed by atoms with Gasteiger partial charge in [-0.1, -0.05) is 24.3 Å². The third-order valence-electron chi connectivity index (χ3n) is 3.59. The molecule has 0 heterocycles. The minimum Gasteiger partial charge on any atom is -0.491 e. The lowest BCUT2D eigenvalue weighted by molar-refractivity contribution is -0.114. The average Bonchev–Trinajstić information content (AvgIpc) is 2.57. The normalized spacial score (nSPS) is 10.3. The highest BCUT2D eigenvalue weighted by atomic mass is 16.5. The second-order valence-corrected chi connectivity index (χ2v) is 5.54. The molecule has 1 amide bonds. The number of para-hydroxylation sites is 1. The maximum absolute atomic E-state index is 12.2. The zero-order valence-corrected chi connectivity index (χ0v) is 14.4. The van der Waals surface area contributed by atoms with Gasteiger partial charge in [-0.25, -0.2) is 0 Å². The van der Waals surface area contributed by atoms with Crippen molar-refractivity contribution in [3.8, 4) is 5.75 Å². The van der Waals surface area contributed by atoms with Gasteiger partial charge in [0.25, 0.3) is 0 Å². The number of ether oxygens (including phenoxy) is 2. The Hall–Kier alpha value is -2.53. The van der Waals surface area contributed by atoms with Gasteiger partial charge in [0.2, 0.25) is 5.91 Å². The van der Waals surface area contributed by atoms with Gasteiger partial charge < -0.3 is 20.1 Å². The number of nitrogens with one attached hydrogen (secondary N) is 2. The number of benzene rings is 2. The number of hydrogen-bond donors (Lipinski definition) is 2. The van der Waals surface area contributed by atoms with Crippen LogP contribution in [-0.2, 0) is 9.53 Å². The molecule has 2 N–H and O–H groups in total. The first-order chi connectivity index (χ1) is 11.6. The summed E-state index contributed by atoms with van der Waals surface area (Å²) in [5.41, 5.74) is 3.82. The van der Waals surface area contributed by atoms with Crippen LogP contribution in [0.3, 0.4) is 0 Å². The number of carbonyl (C=O) groups excluding carboxylic acids is 1. The average molecular weight is 328 g/mol. The molecule has 0 saturated carbocycles. The highest BCUT2D eigenvalue weighted by Gasteiger charge is 2.07. The summed E-state index contributed by atoms with van der Waals surface area (Å²) in [4.78, 5) is 12.2. The maximum atomic E-state index is 12.2. The summed E-state index contributed by atoms with van der Waals surface area (Å²) in [6, 6.07) is 13.5. The zero-order valence-electron chi connectivity index (χ0n) is 14.4. The second-order valence-electron chi connectivity index (χ2n) is 5.54. The predicted octanol–water partition coefficient (Wildman–Crippen LogP) is 3.38. The predicted molar refractivity (Wildman–Crippen MR) is 96.8 cm³/mol. The topological polar surface area (TPSA) is 59.6 Å². The molecule has 0 spiro atoms. The van der Waals surface area contributed by atoms with Crippen LogP contribution in [-0.4, -0.2) is 32.8 Å². The molecule has 0 aliphatic carbocycles. The minimum absolute atomic E-state index is 0.0851. The van der Waals surface area contributed by atoms with Crippen molar-refractivity contribution < 1.29 is 14.3 Å². The smallest absolute Gasteiger partial charge is 0.243 e.